The van der Waals surface area contributed by atoms with Gasteiger partial charge in [0.15, 0.2) is 0 Å². The zero-order valence-electron chi connectivity index (χ0n) is 11.1. The molecule has 2 nitrogen and oxygen atoms in total. The predicted octanol–water partition coefficient (Wildman–Crippen LogP) is 4.03. The molecule has 1 fully saturated rings. The Morgan fingerprint density at radius 1 is 1.33 bits per heavy atom. The van der Waals surface area contributed by atoms with Crippen molar-refractivity contribution in [1.82, 2.24) is 5.32 Å². The van der Waals surface area contributed by atoms with Gasteiger partial charge in [-0.25, -0.2) is 0 Å². The lowest BCUT2D eigenvalue weighted by atomic mass is 9.99. The Morgan fingerprint density at radius 3 is 2.72 bits per heavy atom. The molecule has 2 rings (SSSR count). The van der Waals surface area contributed by atoms with E-state index >= 15 is 0 Å². The Hall–Kier alpha value is -0.0600. The smallest absolute Gasteiger partial charge is 0.0525 e. The monoisotopic (exact) mass is 374 g/mol. The minimum absolute atomic E-state index is 0.519. The van der Waals surface area contributed by atoms with Gasteiger partial charge in [0.25, 0.3) is 0 Å². The average molecular weight is 376 g/mol. The Balaban J connectivity index is 2.26. The lowest BCUT2D eigenvalue weighted by Crippen LogP contribution is -2.57. The second-order valence-corrected chi connectivity index (χ2v) is 7.13. The Morgan fingerprint density at radius 2 is 2.06 bits per heavy atom. The number of hydrogen-bond donors (Lipinski definition) is 1. The summed E-state index contributed by atoms with van der Waals surface area (Å²) < 4.78 is 2.30. The number of nitrogens with zero attached hydrogens (tertiary/aromatic N) is 1. The van der Waals surface area contributed by atoms with Crippen LogP contribution in [0.1, 0.15) is 20.8 Å². The summed E-state index contributed by atoms with van der Waals surface area (Å²) in [4.78, 5) is 2.50. The molecule has 2 atom stereocenters. The second-order valence-electron chi connectivity index (χ2n) is 5.36. The average Bonchev–Trinajstić information content (AvgIpc) is 2.33. The molecular weight excluding hydrogens is 356 g/mol. The van der Waals surface area contributed by atoms with Crippen LogP contribution in [0.5, 0.6) is 0 Å². The third kappa shape index (κ3) is 3.09. The lowest BCUT2D eigenvalue weighted by Gasteiger charge is -2.42. The third-order valence-electron chi connectivity index (χ3n) is 3.62. The molecule has 100 valence electrons. The van der Waals surface area contributed by atoms with E-state index in [1.807, 2.05) is 0 Å². The maximum atomic E-state index is 3.67. The van der Waals surface area contributed by atoms with Gasteiger partial charge < -0.3 is 10.2 Å². The van der Waals surface area contributed by atoms with Crippen molar-refractivity contribution < 1.29 is 0 Å². The molecule has 18 heavy (non-hydrogen) atoms. The van der Waals surface area contributed by atoms with Gasteiger partial charge in [0.1, 0.15) is 0 Å². The number of nitrogens with one attached hydrogen (secondary N) is 1. The Kier molecular flexibility index (Phi) is 4.73. The van der Waals surface area contributed by atoms with Crippen molar-refractivity contribution in [2.45, 2.75) is 32.9 Å². The second kappa shape index (κ2) is 5.93. The van der Waals surface area contributed by atoms with Gasteiger partial charge >= 0.3 is 0 Å². The quantitative estimate of drug-likeness (QED) is 0.839. The van der Waals surface area contributed by atoms with E-state index in [1.165, 1.54) is 10.2 Å². The van der Waals surface area contributed by atoms with Gasteiger partial charge in [0.05, 0.1) is 5.69 Å². The molecule has 1 saturated heterocycles. The van der Waals surface area contributed by atoms with Gasteiger partial charge in [-0.3, -0.25) is 0 Å². The SMILES string of the molecule is CC(C)C1CN(c2cc(Br)ccc2Br)C(C)CN1. The largest absolute Gasteiger partial charge is 0.365 e. The molecule has 1 heterocycles. The van der Waals surface area contributed by atoms with Gasteiger partial charge in [-0.05, 0) is 47.0 Å². The first-order chi connectivity index (χ1) is 8.49. The van der Waals surface area contributed by atoms with Crippen molar-refractivity contribution in [3.05, 3.63) is 27.1 Å². The number of anilines is 1. The fraction of sp³-hybridized carbons (Fsp3) is 0.571. The Bertz CT molecular complexity index is 420. The molecule has 4 heteroatoms. The van der Waals surface area contributed by atoms with Crippen molar-refractivity contribution in [3.8, 4) is 0 Å². The third-order valence-corrected chi connectivity index (χ3v) is 4.79. The van der Waals surface area contributed by atoms with Crippen molar-refractivity contribution in [1.29, 1.82) is 0 Å². The van der Waals surface area contributed by atoms with Crippen molar-refractivity contribution >= 4 is 37.5 Å². The summed E-state index contributed by atoms with van der Waals surface area (Å²) in [5.41, 5.74) is 1.28. The van der Waals surface area contributed by atoms with Crippen LogP contribution in [0, 0.1) is 5.92 Å². The van der Waals surface area contributed by atoms with E-state index < -0.39 is 0 Å². The normalized spacial score (nSPS) is 24.7. The standard InChI is InChI=1S/C14H20Br2N2/c1-9(2)13-8-18(10(3)7-17-13)14-6-11(15)4-5-12(14)16/h4-6,9-10,13,17H,7-8H2,1-3H3. The highest BCUT2D eigenvalue weighted by Gasteiger charge is 2.27. The number of halogens is 2. The molecule has 0 aliphatic carbocycles. The van der Waals surface area contributed by atoms with Crippen LogP contribution in [0.2, 0.25) is 0 Å². The van der Waals surface area contributed by atoms with E-state index in [9.17, 15) is 0 Å². The summed E-state index contributed by atoms with van der Waals surface area (Å²) >= 11 is 7.23. The van der Waals surface area contributed by atoms with E-state index in [0.717, 1.165) is 17.6 Å². The van der Waals surface area contributed by atoms with E-state index in [1.54, 1.807) is 0 Å². The number of rotatable bonds is 2. The molecule has 1 aromatic carbocycles. The van der Waals surface area contributed by atoms with Crippen LogP contribution in [0.15, 0.2) is 27.1 Å². The van der Waals surface area contributed by atoms with Crippen LogP contribution in [-0.2, 0) is 0 Å². The molecule has 0 amide bonds. The summed E-state index contributed by atoms with van der Waals surface area (Å²) in [6, 6.07) is 7.46. The van der Waals surface area contributed by atoms with E-state index in [2.05, 4.69) is 81.0 Å². The predicted molar refractivity (Wildman–Crippen MR) is 85.3 cm³/mol. The van der Waals surface area contributed by atoms with Crippen LogP contribution in [0.25, 0.3) is 0 Å². The van der Waals surface area contributed by atoms with E-state index in [4.69, 9.17) is 0 Å². The van der Waals surface area contributed by atoms with Crippen molar-refractivity contribution in [3.63, 3.8) is 0 Å². The summed E-state index contributed by atoms with van der Waals surface area (Å²) in [7, 11) is 0. The lowest BCUT2D eigenvalue weighted by molar-refractivity contribution is 0.336. The maximum absolute atomic E-state index is 3.67. The van der Waals surface area contributed by atoms with Gasteiger partial charge in [0.2, 0.25) is 0 Å². The number of piperazine rings is 1. The topological polar surface area (TPSA) is 15.3 Å². The molecule has 1 aliphatic rings. The molecule has 1 aromatic rings. The number of hydrogen-bond acceptors (Lipinski definition) is 2. The molecule has 1 N–H and O–H groups in total. The van der Waals surface area contributed by atoms with Crippen LogP contribution in [0.3, 0.4) is 0 Å². The van der Waals surface area contributed by atoms with Crippen molar-refractivity contribution in [2.24, 2.45) is 5.92 Å². The number of benzene rings is 1. The van der Waals surface area contributed by atoms with E-state index in [-0.39, 0.29) is 0 Å². The minimum atomic E-state index is 0.519. The molecule has 2 unspecified atom stereocenters. The first-order valence-electron chi connectivity index (χ1n) is 6.44. The Labute approximate surface area is 126 Å². The fourth-order valence-electron chi connectivity index (χ4n) is 2.38. The fourth-order valence-corrected chi connectivity index (χ4v) is 3.20. The maximum Gasteiger partial charge on any atom is 0.0525 e. The first kappa shape index (κ1) is 14.4. The van der Waals surface area contributed by atoms with Gasteiger partial charge in [-0.1, -0.05) is 29.8 Å². The molecule has 1 aliphatic heterocycles. The van der Waals surface area contributed by atoms with Crippen LogP contribution in [-0.4, -0.2) is 25.2 Å². The highest BCUT2D eigenvalue weighted by atomic mass is 79.9. The van der Waals surface area contributed by atoms with Crippen LogP contribution in [0.4, 0.5) is 5.69 Å². The van der Waals surface area contributed by atoms with Gasteiger partial charge in [0, 0.05) is 34.1 Å². The minimum Gasteiger partial charge on any atom is -0.365 e. The molecule has 0 saturated carbocycles. The van der Waals surface area contributed by atoms with Gasteiger partial charge in [-0.2, -0.15) is 0 Å². The van der Waals surface area contributed by atoms with Crippen molar-refractivity contribution in [2.75, 3.05) is 18.0 Å². The highest BCUT2D eigenvalue weighted by Crippen LogP contribution is 2.32. The van der Waals surface area contributed by atoms with E-state index in [0.29, 0.717) is 18.0 Å². The zero-order chi connectivity index (χ0) is 13.3. The summed E-state index contributed by atoms with van der Waals surface area (Å²) in [5, 5.41) is 3.63. The molecule has 0 radical (unpaired) electrons. The molecular formula is C14H20Br2N2. The molecule has 0 spiro atoms. The summed E-state index contributed by atoms with van der Waals surface area (Å²) in [5.74, 6) is 0.658. The summed E-state index contributed by atoms with van der Waals surface area (Å²) in [6.07, 6.45) is 0. The first-order valence-corrected chi connectivity index (χ1v) is 8.02. The highest BCUT2D eigenvalue weighted by molar-refractivity contribution is 9.11. The van der Waals surface area contributed by atoms with Crippen LogP contribution >= 0.6 is 31.9 Å². The molecule has 0 aromatic heterocycles. The zero-order valence-corrected chi connectivity index (χ0v) is 14.3. The van der Waals surface area contributed by atoms with Gasteiger partial charge in [-0.15, -0.1) is 0 Å². The van der Waals surface area contributed by atoms with Crippen LogP contribution < -0.4 is 10.2 Å². The summed E-state index contributed by atoms with van der Waals surface area (Å²) in [6.45, 7) is 8.94. The molecule has 0 bridgehead atoms.